The number of nitrogens with zero attached hydrogens (tertiary/aromatic N) is 1. The second-order valence-electron chi connectivity index (χ2n) is 5.07. The molecule has 0 saturated heterocycles. The van der Waals surface area contributed by atoms with Gasteiger partial charge in [-0.05, 0) is 55.0 Å². The molecule has 0 amide bonds. The highest BCUT2D eigenvalue weighted by Crippen LogP contribution is 2.22. The minimum absolute atomic E-state index is 0.259. The van der Waals surface area contributed by atoms with Crippen molar-refractivity contribution in [1.82, 2.24) is 0 Å². The molecular weight excluding hydrogens is 306 g/mol. The van der Waals surface area contributed by atoms with E-state index in [4.69, 9.17) is 14.2 Å². The first-order valence-corrected chi connectivity index (χ1v) is 7.59. The van der Waals surface area contributed by atoms with Crippen molar-refractivity contribution in [3.8, 4) is 11.5 Å². The summed E-state index contributed by atoms with van der Waals surface area (Å²) < 4.78 is 15.8. The summed E-state index contributed by atoms with van der Waals surface area (Å²) in [5, 5.41) is 0. The van der Waals surface area contributed by atoms with Gasteiger partial charge >= 0.3 is 5.97 Å². The number of hydrogen-bond donors (Lipinski definition) is 0. The molecule has 0 radical (unpaired) electrons. The van der Waals surface area contributed by atoms with Gasteiger partial charge in [-0.15, -0.1) is 0 Å². The zero-order valence-electron chi connectivity index (χ0n) is 13.5. The lowest BCUT2D eigenvalue weighted by molar-refractivity contribution is -0.129. The van der Waals surface area contributed by atoms with Crippen LogP contribution in [0.15, 0.2) is 59.2 Å². The van der Waals surface area contributed by atoms with Crippen molar-refractivity contribution in [2.75, 3.05) is 13.7 Å². The fourth-order valence-electron chi connectivity index (χ4n) is 2.28. The number of esters is 1. The topological polar surface area (TPSA) is 57.1 Å². The average molecular weight is 323 g/mol. The summed E-state index contributed by atoms with van der Waals surface area (Å²) in [6.45, 7) is 2.51. The van der Waals surface area contributed by atoms with E-state index in [0.29, 0.717) is 6.61 Å². The van der Waals surface area contributed by atoms with Crippen molar-refractivity contribution in [2.45, 2.75) is 6.92 Å². The maximum atomic E-state index is 12.0. The van der Waals surface area contributed by atoms with E-state index in [0.717, 1.165) is 22.6 Å². The third-order valence-electron chi connectivity index (χ3n) is 3.43. The van der Waals surface area contributed by atoms with Gasteiger partial charge in [0.25, 0.3) is 0 Å². The first-order chi connectivity index (χ1) is 11.7. The Morgan fingerprint density at radius 1 is 1.12 bits per heavy atom. The van der Waals surface area contributed by atoms with Crippen LogP contribution in [-0.4, -0.2) is 25.6 Å². The van der Waals surface area contributed by atoms with Crippen LogP contribution in [0.3, 0.4) is 0 Å². The highest BCUT2D eigenvalue weighted by Gasteiger charge is 2.24. The van der Waals surface area contributed by atoms with Gasteiger partial charge in [-0.1, -0.05) is 12.1 Å². The van der Waals surface area contributed by atoms with Crippen LogP contribution in [0.4, 0.5) is 0 Å². The van der Waals surface area contributed by atoms with E-state index in [1.807, 2.05) is 31.2 Å². The fourth-order valence-corrected chi connectivity index (χ4v) is 2.28. The van der Waals surface area contributed by atoms with E-state index >= 15 is 0 Å². The summed E-state index contributed by atoms with van der Waals surface area (Å²) >= 11 is 0. The van der Waals surface area contributed by atoms with E-state index in [1.165, 1.54) is 0 Å². The van der Waals surface area contributed by atoms with E-state index in [9.17, 15) is 4.79 Å². The Balaban J connectivity index is 1.86. The van der Waals surface area contributed by atoms with Gasteiger partial charge in [0.2, 0.25) is 5.90 Å². The highest BCUT2D eigenvalue weighted by molar-refractivity contribution is 6.12. The molecule has 0 bridgehead atoms. The fraction of sp³-hybridized carbons (Fsp3) is 0.158. The van der Waals surface area contributed by atoms with Gasteiger partial charge in [-0.2, -0.15) is 0 Å². The minimum atomic E-state index is -0.470. The van der Waals surface area contributed by atoms with Crippen LogP contribution < -0.4 is 9.47 Å². The maximum Gasteiger partial charge on any atom is 0.363 e. The van der Waals surface area contributed by atoms with Crippen molar-refractivity contribution in [2.24, 2.45) is 4.99 Å². The number of cyclic esters (lactones) is 1. The third kappa shape index (κ3) is 3.46. The average Bonchev–Trinajstić information content (AvgIpc) is 2.96. The Kier molecular flexibility index (Phi) is 4.61. The van der Waals surface area contributed by atoms with E-state index in [-0.39, 0.29) is 11.6 Å². The molecule has 0 saturated carbocycles. The first-order valence-electron chi connectivity index (χ1n) is 7.59. The van der Waals surface area contributed by atoms with Gasteiger partial charge < -0.3 is 14.2 Å². The molecule has 2 aromatic rings. The number of rotatable bonds is 5. The van der Waals surface area contributed by atoms with Gasteiger partial charge in [0.15, 0.2) is 5.70 Å². The summed E-state index contributed by atoms with van der Waals surface area (Å²) in [5.74, 6) is 1.29. The third-order valence-corrected chi connectivity index (χ3v) is 3.43. The second kappa shape index (κ2) is 7.00. The smallest absolute Gasteiger partial charge is 0.363 e. The van der Waals surface area contributed by atoms with E-state index in [1.54, 1.807) is 37.5 Å². The van der Waals surface area contributed by atoms with Gasteiger partial charge in [-0.3, -0.25) is 0 Å². The lowest BCUT2D eigenvalue weighted by Gasteiger charge is -2.03. The van der Waals surface area contributed by atoms with Crippen molar-refractivity contribution in [1.29, 1.82) is 0 Å². The van der Waals surface area contributed by atoms with Gasteiger partial charge in [0, 0.05) is 5.56 Å². The van der Waals surface area contributed by atoms with Gasteiger partial charge in [0.1, 0.15) is 11.5 Å². The molecule has 5 nitrogen and oxygen atoms in total. The molecule has 24 heavy (non-hydrogen) atoms. The van der Waals surface area contributed by atoms with Crippen LogP contribution in [0, 0.1) is 0 Å². The highest BCUT2D eigenvalue weighted by atomic mass is 16.6. The van der Waals surface area contributed by atoms with Crippen LogP contribution in [0.2, 0.25) is 0 Å². The molecular formula is C19H17NO4. The molecule has 1 heterocycles. The largest absolute Gasteiger partial charge is 0.497 e. The molecule has 0 fully saturated rings. The first kappa shape index (κ1) is 15.8. The van der Waals surface area contributed by atoms with Crippen LogP contribution in [0.5, 0.6) is 11.5 Å². The van der Waals surface area contributed by atoms with Crippen LogP contribution in [0.25, 0.3) is 6.08 Å². The number of aliphatic imine (C=N–C) groups is 1. The quantitative estimate of drug-likeness (QED) is 0.625. The Bertz CT molecular complexity index is 806. The summed E-state index contributed by atoms with van der Waals surface area (Å²) in [7, 11) is 1.60. The number of ether oxygens (including phenoxy) is 3. The summed E-state index contributed by atoms with van der Waals surface area (Å²) in [6, 6.07) is 14.6. The standard InChI is InChI=1S/C19H17NO4/c1-3-23-16-6-4-5-13(11-16)12-17-19(21)24-18(20-17)14-7-9-15(22-2)10-8-14/h4-12H,3H2,1-2H3/b17-12-. The molecule has 0 aliphatic carbocycles. The molecule has 2 aromatic carbocycles. The lowest BCUT2D eigenvalue weighted by Crippen LogP contribution is -2.05. The zero-order valence-corrected chi connectivity index (χ0v) is 13.5. The zero-order chi connectivity index (χ0) is 16.9. The normalized spacial score (nSPS) is 15.2. The summed E-state index contributed by atoms with van der Waals surface area (Å²) in [4.78, 5) is 16.3. The number of carbonyl (C=O) groups excluding carboxylic acids is 1. The predicted molar refractivity (Wildman–Crippen MR) is 91.2 cm³/mol. The molecule has 3 rings (SSSR count). The van der Waals surface area contributed by atoms with Gasteiger partial charge in [-0.25, -0.2) is 9.79 Å². The van der Waals surface area contributed by atoms with Gasteiger partial charge in [0.05, 0.1) is 13.7 Å². The predicted octanol–water partition coefficient (Wildman–Crippen LogP) is 3.44. The molecule has 5 heteroatoms. The lowest BCUT2D eigenvalue weighted by atomic mass is 10.2. The van der Waals surface area contributed by atoms with E-state index < -0.39 is 5.97 Å². The number of hydrogen-bond acceptors (Lipinski definition) is 5. The van der Waals surface area contributed by atoms with Crippen molar-refractivity contribution in [3.05, 3.63) is 65.4 Å². The molecule has 0 unspecified atom stereocenters. The molecule has 122 valence electrons. The van der Waals surface area contributed by atoms with Crippen molar-refractivity contribution in [3.63, 3.8) is 0 Å². The Morgan fingerprint density at radius 2 is 1.92 bits per heavy atom. The Labute approximate surface area is 140 Å². The van der Waals surface area contributed by atoms with Crippen LogP contribution in [-0.2, 0) is 9.53 Å². The summed E-state index contributed by atoms with van der Waals surface area (Å²) in [6.07, 6.45) is 1.68. The molecule has 1 aliphatic heterocycles. The molecule has 0 spiro atoms. The van der Waals surface area contributed by atoms with Crippen LogP contribution in [0.1, 0.15) is 18.1 Å². The van der Waals surface area contributed by atoms with Crippen LogP contribution >= 0.6 is 0 Å². The number of benzene rings is 2. The molecule has 0 atom stereocenters. The minimum Gasteiger partial charge on any atom is -0.497 e. The second-order valence-corrected chi connectivity index (χ2v) is 5.07. The molecule has 1 aliphatic rings. The number of carbonyl (C=O) groups is 1. The SMILES string of the molecule is CCOc1cccc(/C=C2\N=C(c3ccc(OC)cc3)OC2=O)c1. The maximum absolute atomic E-state index is 12.0. The molecule has 0 aromatic heterocycles. The Morgan fingerprint density at radius 3 is 2.62 bits per heavy atom. The summed E-state index contributed by atoms with van der Waals surface area (Å²) in [5.41, 5.74) is 1.80. The molecule has 0 N–H and O–H groups in total. The van der Waals surface area contributed by atoms with E-state index in [2.05, 4.69) is 4.99 Å². The Hall–Kier alpha value is -3.08. The number of methoxy groups -OCH3 is 1. The monoisotopic (exact) mass is 323 g/mol. The van der Waals surface area contributed by atoms with Crippen molar-refractivity contribution < 1.29 is 19.0 Å². The van der Waals surface area contributed by atoms with Crippen molar-refractivity contribution >= 4 is 17.9 Å².